The van der Waals surface area contributed by atoms with Crippen molar-refractivity contribution < 1.29 is 4.74 Å². The summed E-state index contributed by atoms with van der Waals surface area (Å²) in [6.45, 7) is 1.10. The van der Waals surface area contributed by atoms with Crippen molar-refractivity contribution in [2.75, 3.05) is 12.4 Å². The van der Waals surface area contributed by atoms with Crippen LogP contribution in [0.5, 0.6) is 5.75 Å². The molecule has 27 heavy (non-hydrogen) atoms. The van der Waals surface area contributed by atoms with E-state index in [4.69, 9.17) is 16.3 Å². The maximum atomic E-state index is 6.25. The fraction of sp³-hybridized carbons (Fsp3) is 0.158. The van der Waals surface area contributed by atoms with Crippen LogP contribution in [0.25, 0.3) is 11.2 Å². The van der Waals surface area contributed by atoms with Crippen molar-refractivity contribution in [3.8, 4) is 5.75 Å². The minimum Gasteiger partial charge on any atom is -0.497 e. The summed E-state index contributed by atoms with van der Waals surface area (Å²) >= 11 is 6.25. The van der Waals surface area contributed by atoms with Gasteiger partial charge in [-0.1, -0.05) is 47.1 Å². The number of ether oxygens (including phenoxy) is 1. The van der Waals surface area contributed by atoms with Gasteiger partial charge in [0, 0.05) is 11.6 Å². The van der Waals surface area contributed by atoms with Crippen LogP contribution in [0.3, 0.4) is 0 Å². The molecule has 0 aliphatic carbocycles. The summed E-state index contributed by atoms with van der Waals surface area (Å²) in [5.41, 5.74) is 3.34. The van der Waals surface area contributed by atoms with Crippen LogP contribution in [-0.2, 0) is 13.1 Å². The van der Waals surface area contributed by atoms with Gasteiger partial charge >= 0.3 is 0 Å². The molecule has 0 bridgehead atoms. The lowest BCUT2D eigenvalue weighted by molar-refractivity contribution is 0.414. The number of fused-ring (bicyclic) bond motifs is 1. The molecule has 0 aliphatic heterocycles. The van der Waals surface area contributed by atoms with Crippen molar-refractivity contribution in [2.45, 2.75) is 13.1 Å². The van der Waals surface area contributed by atoms with Crippen LogP contribution in [0.15, 0.2) is 54.9 Å². The van der Waals surface area contributed by atoms with Gasteiger partial charge in [0.2, 0.25) is 0 Å². The second kappa shape index (κ2) is 7.59. The number of methoxy groups -OCH3 is 1. The van der Waals surface area contributed by atoms with Gasteiger partial charge in [0.1, 0.15) is 12.1 Å². The molecule has 2 heterocycles. The van der Waals surface area contributed by atoms with E-state index >= 15 is 0 Å². The standard InChI is InChI=1S/C19H17ClN6O/c1-27-15-8-6-13(7-9-15)10-21-18-17-19(23-12-22-18)26(25-24-17)11-14-4-2-3-5-16(14)20/h2-9,12H,10-11H2,1H3,(H,21,22,23). The Kier molecular flexibility index (Phi) is 4.84. The maximum Gasteiger partial charge on any atom is 0.184 e. The molecule has 0 unspecified atom stereocenters. The zero-order valence-electron chi connectivity index (χ0n) is 14.6. The number of nitrogens with one attached hydrogen (secondary N) is 1. The lowest BCUT2D eigenvalue weighted by Crippen LogP contribution is -2.05. The number of halogens is 1. The number of rotatable bonds is 6. The highest BCUT2D eigenvalue weighted by molar-refractivity contribution is 6.31. The topological polar surface area (TPSA) is 77.8 Å². The van der Waals surface area contributed by atoms with Crippen LogP contribution in [-0.4, -0.2) is 32.1 Å². The zero-order valence-corrected chi connectivity index (χ0v) is 15.4. The van der Waals surface area contributed by atoms with E-state index in [0.29, 0.717) is 35.1 Å². The predicted molar refractivity (Wildman–Crippen MR) is 104 cm³/mol. The van der Waals surface area contributed by atoms with Gasteiger partial charge in [0.05, 0.1) is 13.7 Å². The van der Waals surface area contributed by atoms with Crippen molar-refractivity contribution in [3.05, 3.63) is 71.0 Å². The lowest BCUT2D eigenvalue weighted by atomic mass is 10.2. The lowest BCUT2D eigenvalue weighted by Gasteiger charge is -2.07. The second-order valence-corrected chi connectivity index (χ2v) is 6.34. The fourth-order valence-electron chi connectivity index (χ4n) is 2.74. The summed E-state index contributed by atoms with van der Waals surface area (Å²) in [6.07, 6.45) is 1.51. The van der Waals surface area contributed by atoms with Gasteiger partial charge in [-0.2, -0.15) is 0 Å². The molecule has 4 aromatic rings. The third-order valence-corrected chi connectivity index (χ3v) is 4.57. The molecule has 0 aliphatic rings. The normalized spacial score (nSPS) is 10.9. The molecule has 0 saturated heterocycles. The van der Waals surface area contributed by atoms with Gasteiger partial charge in [0.15, 0.2) is 17.0 Å². The van der Waals surface area contributed by atoms with Gasteiger partial charge in [-0.3, -0.25) is 0 Å². The van der Waals surface area contributed by atoms with Crippen molar-refractivity contribution in [3.63, 3.8) is 0 Å². The molecule has 0 saturated carbocycles. The first-order chi connectivity index (χ1) is 13.2. The minimum absolute atomic E-state index is 0.491. The molecular formula is C19H17ClN6O. The fourth-order valence-corrected chi connectivity index (χ4v) is 2.94. The van der Waals surface area contributed by atoms with Crippen molar-refractivity contribution >= 4 is 28.6 Å². The van der Waals surface area contributed by atoms with Gasteiger partial charge in [0.25, 0.3) is 0 Å². The third-order valence-electron chi connectivity index (χ3n) is 4.20. The smallest absolute Gasteiger partial charge is 0.184 e. The van der Waals surface area contributed by atoms with Gasteiger partial charge in [-0.05, 0) is 29.3 Å². The van der Waals surface area contributed by atoms with E-state index < -0.39 is 0 Å². The van der Waals surface area contributed by atoms with Crippen LogP contribution in [0.4, 0.5) is 5.82 Å². The number of benzene rings is 2. The predicted octanol–water partition coefficient (Wildman–Crippen LogP) is 3.54. The van der Waals surface area contributed by atoms with Gasteiger partial charge < -0.3 is 10.1 Å². The molecule has 8 heteroatoms. The Hall–Kier alpha value is -3.19. The number of nitrogens with zero attached hydrogens (tertiary/aromatic N) is 5. The van der Waals surface area contributed by atoms with E-state index in [2.05, 4.69) is 25.6 Å². The zero-order chi connectivity index (χ0) is 18.6. The van der Waals surface area contributed by atoms with Crippen molar-refractivity contribution in [1.29, 1.82) is 0 Å². The SMILES string of the molecule is COc1ccc(CNc2ncnc3c2nnn3Cc2ccccc2Cl)cc1. The number of hydrogen-bond donors (Lipinski definition) is 1. The summed E-state index contributed by atoms with van der Waals surface area (Å²) in [4.78, 5) is 8.64. The van der Waals surface area contributed by atoms with E-state index in [9.17, 15) is 0 Å². The first-order valence-electron chi connectivity index (χ1n) is 8.39. The van der Waals surface area contributed by atoms with E-state index in [1.54, 1.807) is 11.8 Å². The molecule has 1 N–H and O–H groups in total. The molecular weight excluding hydrogens is 364 g/mol. The Labute approximate surface area is 161 Å². The Morgan fingerprint density at radius 2 is 1.89 bits per heavy atom. The van der Waals surface area contributed by atoms with Crippen LogP contribution in [0.1, 0.15) is 11.1 Å². The van der Waals surface area contributed by atoms with E-state index in [0.717, 1.165) is 16.9 Å². The highest BCUT2D eigenvalue weighted by Crippen LogP contribution is 2.21. The third kappa shape index (κ3) is 3.68. The average molecular weight is 381 g/mol. The highest BCUT2D eigenvalue weighted by Gasteiger charge is 2.12. The Bertz CT molecular complexity index is 1060. The van der Waals surface area contributed by atoms with Crippen molar-refractivity contribution in [1.82, 2.24) is 25.0 Å². The number of aromatic nitrogens is 5. The molecule has 0 radical (unpaired) electrons. The summed E-state index contributed by atoms with van der Waals surface area (Å²) in [5.74, 6) is 1.46. The maximum absolute atomic E-state index is 6.25. The van der Waals surface area contributed by atoms with Crippen LogP contribution >= 0.6 is 11.6 Å². The first-order valence-corrected chi connectivity index (χ1v) is 8.77. The minimum atomic E-state index is 0.491. The summed E-state index contributed by atoms with van der Waals surface area (Å²) in [6, 6.07) is 15.5. The van der Waals surface area contributed by atoms with Crippen LogP contribution in [0, 0.1) is 0 Å². The first kappa shape index (κ1) is 17.2. The molecule has 0 spiro atoms. The molecule has 2 aromatic carbocycles. The quantitative estimate of drug-likeness (QED) is 0.551. The largest absolute Gasteiger partial charge is 0.497 e. The Balaban J connectivity index is 1.55. The van der Waals surface area contributed by atoms with Crippen LogP contribution in [0.2, 0.25) is 5.02 Å². The van der Waals surface area contributed by atoms with Gasteiger partial charge in [-0.15, -0.1) is 5.10 Å². The van der Waals surface area contributed by atoms with E-state index in [-0.39, 0.29) is 0 Å². The van der Waals surface area contributed by atoms with Crippen molar-refractivity contribution in [2.24, 2.45) is 0 Å². The Morgan fingerprint density at radius 1 is 1.07 bits per heavy atom. The highest BCUT2D eigenvalue weighted by atomic mass is 35.5. The molecule has 2 aromatic heterocycles. The second-order valence-electron chi connectivity index (χ2n) is 5.93. The van der Waals surface area contributed by atoms with Crippen LogP contribution < -0.4 is 10.1 Å². The summed E-state index contributed by atoms with van der Waals surface area (Å²) in [7, 11) is 1.65. The van der Waals surface area contributed by atoms with Gasteiger partial charge in [-0.25, -0.2) is 14.6 Å². The molecule has 0 fully saturated rings. The Morgan fingerprint density at radius 3 is 2.67 bits per heavy atom. The van der Waals surface area contributed by atoms with E-state index in [1.807, 2.05) is 48.5 Å². The average Bonchev–Trinajstić information content (AvgIpc) is 3.12. The summed E-state index contributed by atoms with van der Waals surface area (Å²) in [5, 5.41) is 12.4. The molecule has 0 amide bonds. The molecule has 136 valence electrons. The monoisotopic (exact) mass is 380 g/mol. The summed E-state index contributed by atoms with van der Waals surface area (Å²) < 4.78 is 6.90. The number of anilines is 1. The molecule has 7 nitrogen and oxygen atoms in total. The van der Waals surface area contributed by atoms with E-state index in [1.165, 1.54) is 6.33 Å². The molecule has 0 atom stereocenters. The molecule has 4 rings (SSSR count). The number of hydrogen-bond acceptors (Lipinski definition) is 6.